The number of hydrogen-bond acceptors (Lipinski definition) is 5. The minimum absolute atomic E-state index is 0.373. The third kappa shape index (κ3) is 5.96. The molecule has 0 aliphatic heterocycles. The van der Waals surface area contributed by atoms with E-state index >= 15 is 0 Å². The van der Waals surface area contributed by atoms with Crippen molar-refractivity contribution in [1.29, 1.82) is 0 Å². The molecule has 0 saturated carbocycles. The molecule has 5 nitrogen and oxygen atoms in total. The lowest BCUT2D eigenvalue weighted by Gasteiger charge is -2.10. The molecule has 0 atom stereocenters. The molecular formula is C20H20Cl2O5. The molecule has 0 heterocycles. The molecule has 27 heavy (non-hydrogen) atoms. The molecule has 0 fully saturated rings. The highest BCUT2D eigenvalue weighted by Gasteiger charge is 2.12. The molecule has 2 rings (SSSR count). The summed E-state index contributed by atoms with van der Waals surface area (Å²) in [7, 11) is 0. The fourth-order valence-electron chi connectivity index (χ4n) is 2.47. The maximum Gasteiger partial charge on any atom is 0.337 e. The maximum absolute atomic E-state index is 11.8. The Morgan fingerprint density at radius 3 is 1.30 bits per heavy atom. The summed E-state index contributed by atoms with van der Waals surface area (Å²) in [5.41, 5.74) is 3.21. The van der Waals surface area contributed by atoms with Gasteiger partial charge in [0.05, 0.1) is 0 Å². The quantitative estimate of drug-likeness (QED) is 0.507. The van der Waals surface area contributed by atoms with Crippen molar-refractivity contribution in [3.63, 3.8) is 0 Å². The Bertz CT molecular complexity index is 759. The van der Waals surface area contributed by atoms with Crippen LogP contribution in [0.3, 0.4) is 0 Å². The summed E-state index contributed by atoms with van der Waals surface area (Å²) in [6.07, 6.45) is 0. The van der Waals surface area contributed by atoms with Crippen LogP contribution in [0.1, 0.15) is 22.3 Å². The summed E-state index contributed by atoms with van der Waals surface area (Å²) >= 11 is 12.2. The van der Waals surface area contributed by atoms with Crippen molar-refractivity contribution in [2.75, 3.05) is 13.2 Å². The zero-order valence-electron chi connectivity index (χ0n) is 15.5. The smallest absolute Gasteiger partial charge is 0.337 e. The van der Waals surface area contributed by atoms with Crippen LogP contribution in [0.5, 0.6) is 11.5 Å². The molecule has 0 spiro atoms. The molecule has 0 amide bonds. The summed E-state index contributed by atoms with van der Waals surface area (Å²) in [6, 6.07) is 6.64. The lowest BCUT2D eigenvalue weighted by molar-refractivity contribution is -0.145. The van der Waals surface area contributed by atoms with Crippen LogP contribution < -0.4 is 9.47 Å². The molecule has 0 N–H and O–H groups in total. The van der Waals surface area contributed by atoms with Gasteiger partial charge in [-0.2, -0.15) is 0 Å². The van der Waals surface area contributed by atoms with Gasteiger partial charge in [0.2, 0.25) is 0 Å². The highest BCUT2D eigenvalue weighted by molar-refractivity contribution is 6.32. The largest absolute Gasteiger partial charge is 0.425 e. The Labute approximate surface area is 168 Å². The average molecular weight is 411 g/mol. The van der Waals surface area contributed by atoms with E-state index in [1.54, 1.807) is 24.3 Å². The van der Waals surface area contributed by atoms with E-state index in [1.165, 1.54) is 0 Å². The number of carbonyl (C=O) groups is 2. The molecule has 0 radical (unpaired) electrons. The summed E-state index contributed by atoms with van der Waals surface area (Å²) in [5, 5.41) is 1.25. The lowest BCUT2D eigenvalue weighted by Crippen LogP contribution is -2.21. The Hall–Kier alpha value is -2.08. The van der Waals surface area contributed by atoms with Crippen molar-refractivity contribution in [2.45, 2.75) is 27.7 Å². The number of carbonyl (C=O) groups excluding carboxylic acids is 2. The van der Waals surface area contributed by atoms with Gasteiger partial charge in [0, 0.05) is 10.0 Å². The van der Waals surface area contributed by atoms with Gasteiger partial charge in [0.15, 0.2) is 0 Å². The highest BCUT2D eigenvalue weighted by atomic mass is 35.5. The van der Waals surface area contributed by atoms with Gasteiger partial charge in [0.25, 0.3) is 0 Å². The first-order valence-electron chi connectivity index (χ1n) is 8.20. The van der Waals surface area contributed by atoms with Gasteiger partial charge >= 0.3 is 11.9 Å². The zero-order chi connectivity index (χ0) is 20.1. The number of esters is 2. The topological polar surface area (TPSA) is 61.8 Å². The third-order valence-corrected chi connectivity index (χ3v) is 4.92. The fraction of sp³-hybridized carbons (Fsp3) is 0.300. The van der Waals surface area contributed by atoms with E-state index in [0.717, 1.165) is 22.3 Å². The normalized spacial score (nSPS) is 10.6. The van der Waals surface area contributed by atoms with Gasteiger partial charge in [0.1, 0.15) is 24.7 Å². The molecule has 2 aromatic rings. The number of ether oxygens (including phenoxy) is 3. The molecule has 0 bridgehead atoms. The van der Waals surface area contributed by atoms with Crippen molar-refractivity contribution < 1.29 is 23.8 Å². The second-order valence-corrected chi connectivity index (χ2v) is 6.94. The standard InChI is InChI=1S/C20H20Cl2O5/c1-11-5-15(6-12(2)19(11)21)26-17(23)9-25-10-18(24)27-16-7-13(3)20(22)14(4)8-16/h5-8H,9-10H2,1-4H3. The van der Waals surface area contributed by atoms with Crippen molar-refractivity contribution in [3.8, 4) is 11.5 Å². The van der Waals surface area contributed by atoms with E-state index in [1.807, 2.05) is 27.7 Å². The van der Waals surface area contributed by atoms with Gasteiger partial charge in [-0.1, -0.05) is 23.2 Å². The van der Waals surface area contributed by atoms with Gasteiger partial charge in [-0.15, -0.1) is 0 Å². The molecule has 0 saturated heterocycles. The molecule has 0 unspecified atom stereocenters. The Balaban J connectivity index is 1.82. The molecule has 0 aromatic heterocycles. The summed E-state index contributed by atoms with van der Waals surface area (Å²) < 4.78 is 15.4. The zero-order valence-corrected chi connectivity index (χ0v) is 17.0. The summed E-state index contributed by atoms with van der Waals surface area (Å²) in [5.74, 6) is -0.500. The number of benzene rings is 2. The molecule has 7 heteroatoms. The summed E-state index contributed by atoms with van der Waals surface area (Å²) in [4.78, 5) is 23.7. The predicted molar refractivity (Wildman–Crippen MR) is 104 cm³/mol. The van der Waals surface area contributed by atoms with Crippen molar-refractivity contribution >= 4 is 35.1 Å². The number of aryl methyl sites for hydroxylation is 4. The van der Waals surface area contributed by atoms with Crippen LogP contribution in [0.25, 0.3) is 0 Å². The van der Waals surface area contributed by atoms with Crippen molar-refractivity contribution in [1.82, 2.24) is 0 Å². The first kappa shape index (κ1) is 21.2. The minimum atomic E-state index is -0.623. The van der Waals surface area contributed by atoms with Gasteiger partial charge in [-0.25, -0.2) is 9.59 Å². The molecular weight excluding hydrogens is 391 g/mol. The first-order valence-corrected chi connectivity index (χ1v) is 8.95. The van der Waals surface area contributed by atoms with Gasteiger partial charge in [-0.05, 0) is 74.2 Å². The molecule has 144 valence electrons. The Morgan fingerprint density at radius 2 is 1.00 bits per heavy atom. The Morgan fingerprint density at radius 1 is 0.704 bits per heavy atom. The molecule has 2 aromatic carbocycles. The lowest BCUT2D eigenvalue weighted by atomic mass is 10.1. The maximum atomic E-state index is 11.8. The van der Waals surface area contributed by atoms with Crippen LogP contribution in [0.2, 0.25) is 10.0 Å². The van der Waals surface area contributed by atoms with Gasteiger partial charge < -0.3 is 14.2 Å². The highest BCUT2D eigenvalue weighted by Crippen LogP contribution is 2.27. The van der Waals surface area contributed by atoms with E-state index in [4.69, 9.17) is 37.4 Å². The van der Waals surface area contributed by atoms with Crippen LogP contribution in [0.4, 0.5) is 0 Å². The number of rotatable bonds is 6. The van der Waals surface area contributed by atoms with E-state index in [0.29, 0.717) is 21.5 Å². The predicted octanol–water partition coefficient (Wildman–Crippen LogP) is 4.75. The second-order valence-electron chi connectivity index (χ2n) is 6.18. The third-order valence-electron chi connectivity index (χ3n) is 3.72. The van der Waals surface area contributed by atoms with E-state index in [-0.39, 0.29) is 13.2 Å². The molecule has 0 aliphatic carbocycles. The van der Waals surface area contributed by atoms with E-state index in [9.17, 15) is 9.59 Å². The van der Waals surface area contributed by atoms with Crippen LogP contribution in [0.15, 0.2) is 24.3 Å². The van der Waals surface area contributed by atoms with Crippen molar-refractivity contribution in [2.24, 2.45) is 0 Å². The monoisotopic (exact) mass is 410 g/mol. The second kappa shape index (κ2) is 9.22. The van der Waals surface area contributed by atoms with Crippen LogP contribution in [-0.4, -0.2) is 25.2 Å². The van der Waals surface area contributed by atoms with Crippen LogP contribution in [0, 0.1) is 27.7 Å². The van der Waals surface area contributed by atoms with E-state index in [2.05, 4.69) is 0 Å². The van der Waals surface area contributed by atoms with Gasteiger partial charge in [-0.3, -0.25) is 0 Å². The SMILES string of the molecule is Cc1cc(OC(=O)COCC(=O)Oc2cc(C)c(Cl)c(C)c2)cc(C)c1Cl. The molecule has 0 aliphatic rings. The number of halogens is 2. The number of hydrogen-bond donors (Lipinski definition) is 0. The summed E-state index contributed by atoms with van der Waals surface area (Å²) in [6.45, 7) is 6.51. The van der Waals surface area contributed by atoms with Crippen LogP contribution in [-0.2, 0) is 14.3 Å². The fourth-order valence-corrected chi connectivity index (χ4v) is 2.69. The van der Waals surface area contributed by atoms with E-state index < -0.39 is 11.9 Å². The minimum Gasteiger partial charge on any atom is -0.425 e. The van der Waals surface area contributed by atoms with Crippen LogP contribution >= 0.6 is 23.2 Å². The average Bonchev–Trinajstić information content (AvgIpc) is 2.57. The van der Waals surface area contributed by atoms with Crippen molar-refractivity contribution in [3.05, 3.63) is 56.6 Å². The first-order chi connectivity index (χ1) is 12.7. The Kier molecular flexibility index (Phi) is 7.25.